The third kappa shape index (κ3) is 2.90. The number of thiazole rings is 1. The maximum absolute atomic E-state index is 12.3. The summed E-state index contributed by atoms with van der Waals surface area (Å²) in [5.41, 5.74) is 0.387. The number of nitrogens with one attached hydrogen (secondary N) is 1. The first-order chi connectivity index (χ1) is 8.81. The van der Waals surface area contributed by atoms with Crippen LogP contribution in [-0.4, -0.2) is 23.2 Å². The summed E-state index contributed by atoms with van der Waals surface area (Å²) in [6, 6.07) is 1.66. The van der Waals surface area contributed by atoms with Crippen LogP contribution in [0.3, 0.4) is 0 Å². The molecule has 0 aliphatic heterocycles. The summed E-state index contributed by atoms with van der Waals surface area (Å²) in [5, 5.41) is 4.07. The van der Waals surface area contributed by atoms with E-state index < -0.39 is 10.0 Å². The molecule has 0 unspecified atom stereocenters. The lowest BCUT2D eigenvalue weighted by Gasteiger charge is -2.12. The van der Waals surface area contributed by atoms with E-state index in [0.717, 1.165) is 11.3 Å². The smallest absolute Gasteiger partial charge is 0.263 e. The van der Waals surface area contributed by atoms with E-state index in [9.17, 15) is 8.42 Å². The fourth-order valence-corrected chi connectivity index (χ4v) is 4.38. The molecule has 0 amide bonds. The number of anilines is 1. The van der Waals surface area contributed by atoms with Gasteiger partial charge < -0.3 is 0 Å². The monoisotopic (exact) mass is 320 g/mol. The average Bonchev–Trinajstić information content (AvgIpc) is 2.84. The molecule has 1 N–H and O–H groups in total. The Morgan fingerprint density at radius 2 is 2.16 bits per heavy atom. The zero-order valence-electron chi connectivity index (χ0n) is 10.6. The lowest BCUT2D eigenvalue weighted by molar-refractivity contribution is 0.539. The fourth-order valence-electron chi connectivity index (χ4n) is 1.59. The maximum Gasteiger partial charge on any atom is 0.274 e. The van der Waals surface area contributed by atoms with Gasteiger partial charge in [0.25, 0.3) is 10.0 Å². The van der Waals surface area contributed by atoms with Gasteiger partial charge >= 0.3 is 0 Å². The Kier molecular flexibility index (Phi) is 3.84. The van der Waals surface area contributed by atoms with E-state index in [4.69, 9.17) is 11.6 Å². The molecule has 0 saturated heterocycles. The molecule has 2 aromatic heterocycles. The number of halogens is 1. The van der Waals surface area contributed by atoms with Crippen LogP contribution in [0, 0.1) is 6.92 Å². The van der Waals surface area contributed by atoms with Crippen molar-refractivity contribution in [3.05, 3.63) is 22.4 Å². The van der Waals surface area contributed by atoms with Crippen LogP contribution in [-0.2, 0) is 10.0 Å². The summed E-state index contributed by atoms with van der Waals surface area (Å²) in [5.74, 6) is 0.416. The largest absolute Gasteiger partial charge is 0.274 e. The van der Waals surface area contributed by atoms with Crippen molar-refractivity contribution in [3.63, 3.8) is 0 Å². The molecule has 2 heterocycles. The van der Waals surface area contributed by atoms with Gasteiger partial charge in [-0.3, -0.25) is 4.72 Å². The van der Waals surface area contributed by atoms with Crippen molar-refractivity contribution in [2.24, 2.45) is 0 Å². The number of nitrogens with zero attached hydrogens (tertiary/aromatic N) is 3. The Bertz CT molecular complexity index is 690. The highest BCUT2D eigenvalue weighted by molar-refractivity contribution is 7.94. The predicted octanol–water partition coefficient (Wildman–Crippen LogP) is 2.68. The van der Waals surface area contributed by atoms with E-state index in [1.165, 1.54) is 0 Å². The maximum atomic E-state index is 12.3. The van der Waals surface area contributed by atoms with Crippen LogP contribution in [0.2, 0.25) is 4.47 Å². The molecule has 104 valence electrons. The zero-order chi connectivity index (χ0) is 14.2. The van der Waals surface area contributed by atoms with Gasteiger partial charge in [-0.15, -0.1) is 0 Å². The molecule has 0 aliphatic carbocycles. The number of hydrogen-bond donors (Lipinski definition) is 1. The minimum atomic E-state index is -3.69. The molecule has 9 heteroatoms. The Labute approximate surface area is 120 Å². The molecule has 0 aromatic carbocycles. The third-order valence-electron chi connectivity index (χ3n) is 2.37. The molecule has 0 saturated carbocycles. The van der Waals surface area contributed by atoms with Crippen LogP contribution in [0.4, 0.5) is 5.82 Å². The highest BCUT2D eigenvalue weighted by Gasteiger charge is 2.23. The van der Waals surface area contributed by atoms with Gasteiger partial charge in [-0.05, 0) is 20.8 Å². The van der Waals surface area contributed by atoms with Crippen LogP contribution in [0.25, 0.3) is 0 Å². The zero-order valence-corrected chi connectivity index (χ0v) is 13.0. The van der Waals surface area contributed by atoms with Gasteiger partial charge in [0.1, 0.15) is 5.82 Å². The summed E-state index contributed by atoms with van der Waals surface area (Å²) >= 11 is 6.66. The van der Waals surface area contributed by atoms with E-state index in [-0.39, 0.29) is 14.7 Å². The van der Waals surface area contributed by atoms with Gasteiger partial charge in [0.2, 0.25) is 0 Å². The van der Waals surface area contributed by atoms with Gasteiger partial charge in [0.15, 0.2) is 8.68 Å². The van der Waals surface area contributed by atoms with Gasteiger partial charge in [-0.2, -0.15) is 5.10 Å². The van der Waals surface area contributed by atoms with Crippen LogP contribution in [0.5, 0.6) is 0 Å². The molecule has 0 aliphatic rings. The van der Waals surface area contributed by atoms with Crippen LogP contribution in [0.1, 0.15) is 25.6 Å². The van der Waals surface area contributed by atoms with Gasteiger partial charge in [-0.25, -0.2) is 18.1 Å². The van der Waals surface area contributed by atoms with Gasteiger partial charge in [0.05, 0.1) is 11.9 Å². The molecule has 0 atom stereocenters. The first kappa shape index (κ1) is 14.3. The van der Waals surface area contributed by atoms with Crippen LogP contribution >= 0.6 is 22.9 Å². The number of aromatic nitrogens is 3. The predicted molar refractivity (Wildman–Crippen MR) is 75.3 cm³/mol. The Morgan fingerprint density at radius 1 is 1.47 bits per heavy atom. The van der Waals surface area contributed by atoms with E-state index in [1.807, 2.05) is 13.8 Å². The Hall–Kier alpha value is -1.12. The van der Waals surface area contributed by atoms with E-state index >= 15 is 0 Å². The van der Waals surface area contributed by atoms with Crippen LogP contribution < -0.4 is 4.72 Å². The first-order valence-electron chi connectivity index (χ1n) is 5.50. The second-order valence-electron chi connectivity index (χ2n) is 4.20. The molecular formula is C10H13ClN4O2S2. The Balaban J connectivity index is 2.37. The van der Waals surface area contributed by atoms with E-state index in [1.54, 1.807) is 23.9 Å². The van der Waals surface area contributed by atoms with Crippen molar-refractivity contribution in [2.75, 3.05) is 4.72 Å². The highest BCUT2D eigenvalue weighted by Crippen LogP contribution is 2.28. The SMILES string of the molecule is Cc1nc(Cl)sc1S(=O)(=O)Nc1ccnn1C(C)C. The molecule has 2 aromatic rings. The lowest BCUT2D eigenvalue weighted by Crippen LogP contribution is -2.17. The summed E-state index contributed by atoms with van der Waals surface area (Å²) < 4.78 is 29.0. The number of hydrogen-bond acceptors (Lipinski definition) is 5. The second kappa shape index (κ2) is 5.10. The molecule has 6 nitrogen and oxygen atoms in total. The number of aryl methyl sites for hydroxylation is 1. The molecule has 0 fully saturated rings. The topological polar surface area (TPSA) is 76.9 Å². The van der Waals surface area contributed by atoms with Gasteiger partial charge in [-0.1, -0.05) is 22.9 Å². The van der Waals surface area contributed by atoms with Gasteiger partial charge in [0, 0.05) is 12.1 Å². The van der Waals surface area contributed by atoms with Crippen molar-refractivity contribution in [1.29, 1.82) is 0 Å². The summed E-state index contributed by atoms with van der Waals surface area (Å²) in [7, 11) is -3.69. The fraction of sp³-hybridized carbons (Fsp3) is 0.400. The van der Waals surface area contributed by atoms with Crippen molar-refractivity contribution in [2.45, 2.75) is 31.0 Å². The van der Waals surface area contributed by atoms with E-state index in [2.05, 4.69) is 14.8 Å². The standard InChI is InChI=1S/C10H13ClN4O2S2/c1-6(2)15-8(4-5-12-15)14-19(16,17)9-7(3)13-10(11)18-9/h4-6,14H,1-3H3. The van der Waals surface area contributed by atoms with Crippen molar-refractivity contribution in [3.8, 4) is 0 Å². The molecule has 2 rings (SSSR count). The Morgan fingerprint density at radius 3 is 2.68 bits per heavy atom. The van der Waals surface area contributed by atoms with Crippen molar-refractivity contribution >= 4 is 38.8 Å². The molecule has 0 radical (unpaired) electrons. The van der Waals surface area contributed by atoms with Crippen LogP contribution in [0.15, 0.2) is 16.5 Å². The third-order valence-corrected chi connectivity index (χ3v) is 5.60. The number of sulfonamides is 1. The van der Waals surface area contributed by atoms with Crippen molar-refractivity contribution in [1.82, 2.24) is 14.8 Å². The quantitative estimate of drug-likeness (QED) is 0.939. The molecule has 0 bridgehead atoms. The van der Waals surface area contributed by atoms with Crippen molar-refractivity contribution < 1.29 is 8.42 Å². The minimum Gasteiger partial charge on any atom is -0.263 e. The average molecular weight is 321 g/mol. The summed E-state index contributed by atoms with van der Waals surface area (Å²) in [6.07, 6.45) is 1.55. The number of rotatable bonds is 4. The highest BCUT2D eigenvalue weighted by atomic mass is 35.5. The normalized spacial score (nSPS) is 12.1. The first-order valence-corrected chi connectivity index (χ1v) is 8.18. The molecular weight excluding hydrogens is 308 g/mol. The molecule has 0 spiro atoms. The summed E-state index contributed by atoms with van der Waals surface area (Å²) in [4.78, 5) is 3.91. The summed E-state index contributed by atoms with van der Waals surface area (Å²) in [6.45, 7) is 5.44. The van der Waals surface area contributed by atoms with E-state index in [0.29, 0.717) is 11.5 Å². The minimum absolute atomic E-state index is 0.0545. The lowest BCUT2D eigenvalue weighted by atomic mass is 10.4. The molecule has 19 heavy (non-hydrogen) atoms. The second-order valence-corrected chi connectivity index (χ2v) is 7.66.